The van der Waals surface area contributed by atoms with E-state index in [0.29, 0.717) is 6.42 Å². The van der Waals surface area contributed by atoms with Crippen LogP contribution in [0.15, 0.2) is 29.2 Å². The standard InChI is InChI=1S/C19H30O4S/c1-3-5-6-7-8-9-10-13-16-24(21,22)18-15-12-11-14-17(18)23-19(20)4-2/h11-12,14-15H,3-10,13,16H2,1-2H3. The summed E-state index contributed by atoms with van der Waals surface area (Å²) >= 11 is 0. The van der Waals surface area contributed by atoms with Gasteiger partial charge >= 0.3 is 5.97 Å². The third-order valence-electron chi connectivity index (χ3n) is 3.96. The van der Waals surface area contributed by atoms with E-state index in [4.69, 9.17) is 4.74 Å². The Morgan fingerprint density at radius 2 is 1.50 bits per heavy atom. The van der Waals surface area contributed by atoms with Gasteiger partial charge in [0.05, 0.1) is 5.75 Å². The molecule has 0 spiro atoms. The van der Waals surface area contributed by atoms with Gasteiger partial charge in [-0.25, -0.2) is 8.42 Å². The van der Waals surface area contributed by atoms with Crippen molar-refractivity contribution in [2.75, 3.05) is 5.75 Å². The predicted octanol–water partition coefficient (Wildman–Crippen LogP) is 4.92. The van der Waals surface area contributed by atoms with Gasteiger partial charge in [-0.2, -0.15) is 0 Å². The molecule has 0 unspecified atom stereocenters. The molecule has 5 heteroatoms. The summed E-state index contributed by atoms with van der Waals surface area (Å²) < 4.78 is 30.2. The molecule has 4 nitrogen and oxygen atoms in total. The lowest BCUT2D eigenvalue weighted by molar-refractivity contribution is -0.134. The van der Waals surface area contributed by atoms with E-state index in [0.717, 1.165) is 12.8 Å². The van der Waals surface area contributed by atoms with E-state index in [-0.39, 0.29) is 22.8 Å². The lowest BCUT2D eigenvalue weighted by Gasteiger charge is -2.10. The van der Waals surface area contributed by atoms with E-state index in [1.54, 1.807) is 19.1 Å². The molecule has 0 aromatic heterocycles. The number of carbonyl (C=O) groups is 1. The number of sulfone groups is 1. The minimum Gasteiger partial charge on any atom is -0.425 e. The first-order valence-corrected chi connectivity index (χ1v) is 10.7. The summed E-state index contributed by atoms with van der Waals surface area (Å²) in [5.74, 6) is -0.184. The minimum atomic E-state index is -3.42. The van der Waals surface area contributed by atoms with Gasteiger partial charge in [-0.3, -0.25) is 4.79 Å². The summed E-state index contributed by atoms with van der Waals surface area (Å²) in [6, 6.07) is 6.38. The van der Waals surface area contributed by atoms with Crippen LogP contribution in [-0.4, -0.2) is 20.1 Å². The first-order valence-electron chi connectivity index (χ1n) is 9.03. The topological polar surface area (TPSA) is 60.4 Å². The fourth-order valence-electron chi connectivity index (χ4n) is 2.52. The van der Waals surface area contributed by atoms with Crippen LogP contribution in [0.25, 0.3) is 0 Å². The Hall–Kier alpha value is -1.36. The molecule has 1 rings (SSSR count). The Balaban J connectivity index is 2.49. The maximum atomic E-state index is 12.5. The van der Waals surface area contributed by atoms with E-state index < -0.39 is 15.8 Å². The van der Waals surface area contributed by atoms with E-state index in [9.17, 15) is 13.2 Å². The molecule has 0 N–H and O–H groups in total. The van der Waals surface area contributed by atoms with Crippen molar-refractivity contribution in [3.8, 4) is 5.75 Å². The quantitative estimate of drug-likeness (QED) is 0.304. The second-order valence-corrected chi connectivity index (χ2v) is 8.15. The number of carbonyl (C=O) groups excluding carboxylic acids is 1. The van der Waals surface area contributed by atoms with Crippen LogP contribution in [0.5, 0.6) is 5.75 Å². The summed E-state index contributed by atoms with van der Waals surface area (Å²) in [6.07, 6.45) is 9.04. The number of ether oxygens (including phenoxy) is 1. The van der Waals surface area contributed by atoms with Crippen molar-refractivity contribution < 1.29 is 17.9 Å². The monoisotopic (exact) mass is 354 g/mol. The van der Waals surface area contributed by atoms with Crippen LogP contribution in [0.4, 0.5) is 0 Å². The fraction of sp³-hybridized carbons (Fsp3) is 0.632. The number of rotatable bonds is 12. The molecule has 0 fully saturated rings. The molecule has 24 heavy (non-hydrogen) atoms. The Morgan fingerprint density at radius 3 is 2.12 bits per heavy atom. The fourth-order valence-corrected chi connectivity index (χ4v) is 4.03. The van der Waals surface area contributed by atoms with Crippen LogP contribution >= 0.6 is 0 Å². The van der Waals surface area contributed by atoms with Gasteiger partial charge in [-0.05, 0) is 18.6 Å². The molecule has 0 radical (unpaired) electrons. The number of para-hydroxylation sites is 1. The molecule has 0 atom stereocenters. The Bertz CT molecular complexity index is 593. The molecule has 1 aromatic rings. The third kappa shape index (κ3) is 7.47. The highest BCUT2D eigenvalue weighted by atomic mass is 32.2. The van der Waals surface area contributed by atoms with Crippen molar-refractivity contribution in [3.05, 3.63) is 24.3 Å². The Morgan fingerprint density at radius 1 is 0.917 bits per heavy atom. The zero-order chi connectivity index (χ0) is 17.8. The molecular weight excluding hydrogens is 324 g/mol. The van der Waals surface area contributed by atoms with Crippen molar-refractivity contribution in [2.45, 2.75) is 76.5 Å². The minimum absolute atomic E-state index is 0.0999. The molecule has 136 valence electrons. The summed E-state index contributed by atoms with van der Waals surface area (Å²) in [5.41, 5.74) is 0. The van der Waals surface area contributed by atoms with E-state index in [2.05, 4.69) is 6.92 Å². The lowest BCUT2D eigenvalue weighted by Crippen LogP contribution is -2.12. The lowest BCUT2D eigenvalue weighted by atomic mass is 10.1. The van der Waals surface area contributed by atoms with Gasteiger partial charge in [0.25, 0.3) is 0 Å². The summed E-state index contributed by atoms with van der Waals surface area (Å²) in [6.45, 7) is 3.88. The van der Waals surface area contributed by atoms with Gasteiger partial charge in [0.1, 0.15) is 10.6 Å². The van der Waals surface area contributed by atoms with E-state index in [1.807, 2.05) is 0 Å². The van der Waals surface area contributed by atoms with Gasteiger partial charge in [0.15, 0.2) is 9.84 Å². The van der Waals surface area contributed by atoms with Crippen LogP contribution in [0.2, 0.25) is 0 Å². The molecule has 0 saturated heterocycles. The van der Waals surface area contributed by atoms with Crippen LogP contribution in [0, 0.1) is 0 Å². The third-order valence-corrected chi connectivity index (χ3v) is 5.80. The van der Waals surface area contributed by atoms with Crippen LogP contribution in [0.1, 0.15) is 71.6 Å². The van der Waals surface area contributed by atoms with Crippen molar-refractivity contribution in [1.29, 1.82) is 0 Å². The molecule has 1 aromatic carbocycles. The first kappa shape index (κ1) is 20.7. The number of esters is 1. The highest BCUT2D eigenvalue weighted by molar-refractivity contribution is 7.91. The van der Waals surface area contributed by atoms with Crippen molar-refractivity contribution in [3.63, 3.8) is 0 Å². The van der Waals surface area contributed by atoms with Crippen molar-refractivity contribution in [1.82, 2.24) is 0 Å². The van der Waals surface area contributed by atoms with Gasteiger partial charge in [0, 0.05) is 6.42 Å². The molecular formula is C19H30O4S. The zero-order valence-corrected chi connectivity index (χ0v) is 15.7. The summed E-state index contributed by atoms with van der Waals surface area (Å²) in [4.78, 5) is 11.6. The van der Waals surface area contributed by atoms with Gasteiger partial charge < -0.3 is 4.74 Å². The van der Waals surface area contributed by atoms with E-state index in [1.165, 1.54) is 44.2 Å². The zero-order valence-electron chi connectivity index (χ0n) is 14.9. The molecule has 0 saturated carbocycles. The summed E-state index contributed by atoms with van der Waals surface area (Å²) in [5, 5.41) is 0. The van der Waals surface area contributed by atoms with Crippen molar-refractivity contribution >= 4 is 15.8 Å². The van der Waals surface area contributed by atoms with Gasteiger partial charge in [-0.1, -0.05) is 70.9 Å². The molecule has 0 amide bonds. The van der Waals surface area contributed by atoms with Gasteiger partial charge in [0.2, 0.25) is 0 Å². The molecule has 0 heterocycles. The number of hydrogen-bond donors (Lipinski definition) is 0. The number of unbranched alkanes of at least 4 members (excludes halogenated alkanes) is 7. The molecule has 0 aliphatic heterocycles. The first-order chi connectivity index (χ1) is 11.5. The number of hydrogen-bond acceptors (Lipinski definition) is 4. The molecule has 0 aliphatic rings. The van der Waals surface area contributed by atoms with Crippen molar-refractivity contribution in [2.24, 2.45) is 0 Å². The Labute approximate surface area is 146 Å². The van der Waals surface area contributed by atoms with Crippen LogP contribution in [-0.2, 0) is 14.6 Å². The van der Waals surface area contributed by atoms with Gasteiger partial charge in [-0.15, -0.1) is 0 Å². The van der Waals surface area contributed by atoms with Crippen LogP contribution in [0.3, 0.4) is 0 Å². The second kappa shape index (κ2) is 11.2. The molecule has 0 bridgehead atoms. The highest BCUT2D eigenvalue weighted by Crippen LogP contribution is 2.25. The Kier molecular flexibility index (Phi) is 9.69. The smallest absolute Gasteiger partial charge is 0.310 e. The second-order valence-electron chi connectivity index (χ2n) is 6.07. The average molecular weight is 355 g/mol. The normalized spacial score (nSPS) is 11.4. The molecule has 0 aliphatic carbocycles. The number of benzene rings is 1. The maximum absolute atomic E-state index is 12.5. The summed E-state index contributed by atoms with van der Waals surface area (Å²) in [7, 11) is -3.42. The van der Waals surface area contributed by atoms with E-state index >= 15 is 0 Å². The highest BCUT2D eigenvalue weighted by Gasteiger charge is 2.20. The average Bonchev–Trinajstić information content (AvgIpc) is 2.57. The maximum Gasteiger partial charge on any atom is 0.310 e. The predicted molar refractivity (Wildman–Crippen MR) is 97.0 cm³/mol. The SMILES string of the molecule is CCCCCCCCCCS(=O)(=O)c1ccccc1OC(=O)CC. The largest absolute Gasteiger partial charge is 0.425 e. The van der Waals surface area contributed by atoms with Crippen LogP contribution < -0.4 is 4.74 Å².